The maximum atomic E-state index is 12.8. The quantitative estimate of drug-likeness (QED) is 0.280. The van der Waals surface area contributed by atoms with E-state index in [2.05, 4.69) is 10.6 Å². The molecule has 0 aliphatic carbocycles. The van der Waals surface area contributed by atoms with Gasteiger partial charge in [0.25, 0.3) is 5.91 Å². The number of thioether (sulfide) groups is 1. The van der Waals surface area contributed by atoms with Gasteiger partial charge in [-0.3, -0.25) is 9.59 Å². The van der Waals surface area contributed by atoms with Gasteiger partial charge in [-0.1, -0.05) is 36.4 Å². The van der Waals surface area contributed by atoms with Crippen LogP contribution in [-0.4, -0.2) is 34.2 Å². The van der Waals surface area contributed by atoms with E-state index in [9.17, 15) is 9.59 Å². The van der Waals surface area contributed by atoms with E-state index < -0.39 is 0 Å². The molecule has 0 aliphatic rings. The number of carbonyl (C=O) groups excluding carboxylic acids is 2. The van der Waals surface area contributed by atoms with Crippen LogP contribution >= 0.6 is 11.8 Å². The van der Waals surface area contributed by atoms with Gasteiger partial charge in [0.1, 0.15) is 12.4 Å². The molecule has 3 aromatic carbocycles. The summed E-state index contributed by atoms with van der Waals surface area (Å²) >= 11 is 1.64. The minimum absolute atomic E-state index is 0.0871. The molecular formula is C26H26N4O2S. The minimum Gasteiger partial charge on any atom is -0.352 e. The highest BCUT2D eigenvalue weighted by molar-refractivity contribution is 7.98. The van der Waals surface area contributed by atoms with E-state index in [0.717, 1.165) is 33.9 Å². The molecular weight excluding hydrogens is 432 g/mol. The summed E-state index contributed by atoms with van der Waals surface area (Å²) in [5, 5.41) is 5.94. The lowest BCUT2D eigenvalue weighted by Crippen LogP contribution is -2.25. The van der Waals surface area contributed by atoms with Crippen molar-refractivity contribution in [3.05, 3.63) is 90.3 Å². The molecule has 1 aromatic heterocycles. The highest BCUT2D eigenvalue weighted by Gasteiger charge is 2.14. The molecule has 0 radical (unpaired) electrons. The number of benzene rings is 3. The molecule has 0 saturated carbocycles. The Balaban J connectivity index is 1.42. The van der Waals surface area contributed by atoms with Crippen molar-refractivity contribution < 1.29 is 9.59 Å². The smallest absolute Gasteiger partial charge is 0.251 e. The molecule has 4 rings (SSSR count). The topological polar surface area (TPSA) is 76.0 Å². The van der Waals surface area contributed by atoms with E-state index in [1.165, 1.54) is 0 Å². The second-order valence-corrected chi connectivity index (χ2v) is 8.49. The third-order valence-corrected chi connectivity index (χ3v) is 6.01. The molecule has 0 spiro atoms. The zero-order valence-electron chi connectivity index (χ0n) is 18.5. The van der Waals surface area contributed by atoms with Crippen LogP contribution in [0.25, 0.3) is 11.0 Å². The van der Waals surface area contributed by atoms with Crippen molar-refractivity contribution >= 4 is 40.3 Å². The third-order valence-electron chi connectivity index (χ3n) is 5.29. The fourth-order valence-electron chi connectivity index (χ4n) is 3.68. The molecule has 6 nitrogen and oxygen atoms in total. The minimum atomic E-state index is -0.102. The van der Waals surface area contributed by atoms with E-state index in [1.807, 2.05) is 77.6 Å². The van der Waals surface area contributed by atoms with Crippen molar-refractivity contribution in [2.45, 2.75) is 24.3 Å². The van der Waals surface area contributed by atoms with Gasteiger partial charge in [0.05, 0.1) is 11.0 Å². The fraction of sp³-hybridized carbons (Fsp3) is 0.192. The van der Waals surface area contributed by atoms with Crippen molar-refractivity contribution in [2.24, 2.45) is 0 Å². The lowest BCUT2D eigenvalue weighted by atomic mass is 10.2. The van der Waals surface area contributed by atoms with Gasteiger partial charge in [-0.15, -0.1) is 11.8 Å². The number of para-hydroxylation sites is 2. The predicted octanol–water partition coefficient (Wildman–Crippen LogP) is 4.76. The zero-order chi connectivity index (χ0) is 23.0. The Labute approximate surface area is 197 Å². The van der Waals surface area contributed by atoms with Gasteiger partial charge in [-0.25, -0.2) is 4.98 Å². The average molecular weight is 459 g/mol. The summed E-state index contributed by atoms with van der Waals surface area (Å²) in [6, 6.07) is 24.8. The predicted molar refractivity (Wildman–Crippen MR) is 134 cm³/mol. The number of hydrogen-bond donors (Lipinski definition) is 2. The number of aryl methyl sites for hydroxylation is 1. The Morgan fingerprint density at radius 1 is 0.970 bits per heavy atom. The van der Waals surface area contributed by atoms with Crippen LogP contribution in [0.2, 0.25) is 0 Å². The number of carbonyl (C=O) groups is 2. The van der Waals surface area contributed by atoms with E-state index in [0.29, 0.717) is 18.5 Å². The monoisotopic (exact) mass is 458 g/mol. The van der Waals surface area contributed by atoms with Gasteiger partial charge < -0.3 is 15.2 Å². The van der Waals surface area contributed by atoms with Crippen LogP contribution in [0.15, 0.2) is 83.8 Å². The molecule has 0 aliphatic heterocycles. The van der Waals surface area contributed by atoms with Gasteiger partial charge >= 0.3 is 0 Å². The van der Waals surface area contributed by atoms with Gasteiger partial charge in [0, 0.05) is 29.1 Å². The standard InChI is InChI=1S/C26H26N4O2S/c1-33-21-12-7-11-20(17-21)28-25(31)18-30-23-14-6-5-13-22(23)29-24(30)15-8-16-27-26(32)19-9-3-2-4-10-19/h2-7,9-14,17H,8,15-16,18H2,1H3,(H,27,32)(H,28,31). The van der Waals surface area contributed by atoms with Crippen molar-refractivity contribution in [3.63, 3.8) is 0 Å². The number of amides is 2. The van der Waals surface area contributed by atoms with Gasteiger partial charge in [0.2, 0.25) is 5.91 Å². The summed E-state index contributed by atoms with van der Waals surface area (Å²) in [7, 11) is 0. The molecule has 7 heteroatoms. The zero-order valence-corrected chi connectivity index (χ0v) is 19.3. The Bertz CT molecular complexity index is 1250. The number of fused-ring (bicyclic) bond motifs is 1. The molecule has 0 bridgehead atoms. The molecule has 2 N–H and O–H groups in total. The second kappa shape index (κ2) is 10.8. The van der Waals surface area contributed by atoms with Crippen LogP contribution in [-0.2, 0) is 17.8 Å². The SMILES string of the molecule is CSc1cccc(NC(=O)Cn2c(CCCNC(=O)c3ccccc3)nc3ccccc32)c1. The first-order chi connectivity index (χ1) is 16.1. The molecule has 168 valence electrons. The maximum absolute atomic E-state index is 12.8. The summed E-state index contributed by atoms with van der Waals surface area (Å²) < 4.78 is 1.96. The second-order valence-electron chi connectivity index (χ2n) is 7.61. The highest BCUT2D eigenvalue weighted by atomic mass is 32.2. The van der Waals surface area contributed by atoms with Crippen LogP contribution in [0, 0.1) is 0 Å². The fourth-order valence-corrected chi connectivity index (χ4v) is 4.14. The first-order valence-corrected chi connectivity index (χ1v) is 12.1. The molecule has 1 heterocycles. The number of rotatable bonds is 9. The average Bonchev–Trinajstić information content (AvgIpc) is 3.19. The Hall–Kier alpha value is -3.58. The van der Waals surface area contributed by atoms with Crippen molar-refractivity contribution in [3.8, 4) is 0 Å². The van der Waals surface area contributed by atoms with E-state index in [4.69, 9.17) is 4.98 Å². The molecule has 0 saturated heterocycles. The number of aromatic nitrogens is 2. The lowest BCUT2D eigenvalue weighted by Gasteiger charge is -2.11. The van der Waals surface area contributed by atoms with Crippen LogP contribution in [0.1, 0.15) is 22.6 Å². The Kier molecular flexibility index (Phi) is 7.42. The number of hydrogen-bond acceptors (Lipinski definition) is 4. The summed E-state index contributed by atoms with van der Waals surface area (Å²) in [6.07, 6.45) is 3.38. The summed E-state index contributed by atoms with van der Waals surface area (Å²) in [6.45, 7) is 0.709. The maximum Gasteiger partial charge on any atom is 0.251 e. The normalized spacial score (nSPS) is 10.8. The molecule has 2 amide bonds. The first kappa shape index (κ1) is 22.6. The van der Waals surface area contributed by atoms with Gasteiger partial charge in [-0.05, 0) is 55.1 Å². The van der Waals surface area contributed by atoms with Crippen molar-refractivity contribution in [1.29, 1.82) is 0 Å². The molecule has 4 aromatic rings. The Morgan fingerprint density at radius 2 is 1.76 bits per heavy atom. The van der Waals surface area contributed by atoms with Crippen LogP contribution in [0.4, 0.5) is 5.69 Å². The summed E-state index contributed by atoms with van der Waals surface area (Å²) in [5.74, 6) is 0.643. The van der Waals surface area contributed by atoms with E-state index in [1.54, 1.807) is 23.9 Å². The molecule has 0 unspecified atom stereocenters. The molecule has 0 fully saturated rings. The largest absolute Gasteiger partial charge is 0.352 e. The van der Waals surface area contributed by atoms with Crippen LogP contribution in [0.5, 0.6) is 0 Å². The third kappa shape index (κ3) is 5.81. The lowest BCUT2D eigenvalue weighted by molar-refractivity contribution is -0.116. The Morgan fingerprint density at radius 3 is 2.58 bits per heavy atom. The van der Waals surface area contributed by atoms with Gasteiger partial charge in [0.15, 0.2) is 0 Å². The number of nitrogens with one attached hydrogen (secondary N) is 2. The van der Waals surface area contributed by atoms with E-state index >= 15 is 0 Å². The highest BCUT2D eigenvalue weighted by Crippen LogP contribution is 2.20. The summed E-state index contributed by atoms with van der Waals surface area (Å²) in [4.78, 5) is 30.9. The van der Waals surface area contributed by atoms with Crippen molar-refractivity contribution in [1.82, 2.24) is 14.9 Å². The van der Waals surface area contributed by atoms with Gasteiger partial charge in [-0.2, -0.15) is 0 Å². The molecule has 0 atom stereocenters. The number of imidazole rings is 1. The van der Waals surface area contributed by atoms with Crippen LogP contribution < -0.4 is 10.6 Å². The summed E-state index contributed by atoms with van der Waals surface area (Å²) in [5.41, 5.74) is 3.21. The van der Waals surface area contributed by atoms with E-state index in [-0.39, 0.29) is 18.4 Å². The first-order valence-electron chi connectivity index (χ1n) is 10.9. The molecule has 33 heavy (non-hydrogen) atoms. The van der Waals surface area contributed by atoms with Crippen LogP contribution in [0.3, 0.4) is 0 Å². The van der Waals surface area contributed by atoms with Crippen molar-refractivity contribution in [2.75, 3.05) is 18.1 Å². The number of anilines is 1. The number of nitrogens with zero attached hydrogens (tertiary/aromatic N) is 2.